The number of imide groups is 1. The van der Waals surface area contributed by atoms with Gasteiger partial charge in [0.1, 0.15) is 17.3 Å². The predicted molar refractivity (Wildman–Crippen MR) is 162 cm³/mol. The van der Waals surface area contributed by atoms with Crippen LogP contribution < -0.4 is 10.2 Å². The van der Waals surface area contributed by atoms with Crippen molar-refractivity contribution in [3.63, 3.8) is 0 Å². The molecule has 0 N–H and O–H groups in total. The molecule has 0 atom stereocenters. The van der Waals surface area contributed by atoms with Crippen molar-refractivity contribution >= 4 is 36.0 Å². The van der Waals surface area contributed by atoms with Gasteiger partial charge in [-0.3, -0.25) is 24.1 Å². The Morgan fingerprint density at radius 3 is 1.93 bits per heavy atom. The number of ether oxygens (including phenoxy) is 3. The molecule has 0 unspecified atom stereocenters. The van der Waals surface area contributed by atoms with Gasteiger partial charge in [-0.25, -0.2) is 0 Å². The van der Waals surface area contributed by atoms with E-state index in [0.29, 0.717) is 58.7 Å². The number of carbonyl (C=O) groups is 4. The molecule has 0 bridgehead atoms. The zero-order valence-corrected chi connectivity index (χ0v) is 26.1. The van der Waals surface area contributed by atoms with E-state index >= 15 is 0 Å². The van der Waals surface area contributed by atoms with Crippen molar-refractivity contribution in [1.29, 1.82) is 0 Å². The SMILES string of the molecule is CC1(C)OB(c2ccc(OCCCCCC(=O)CCOCCOCCCC(=O)CCN3C(=O)C=CC3=O)cc2)OC1(C)C. The highest BCUT2D eigenvalue weighted by atomic mass is 16.7. The molecule has 0 aromatic heterocycles. The van der Waals surface area contributed by atoms with E-state index in [2.05, 4.69) is 0 Å². The summed E-state index contributed by atoms with van der Waals surface area (Å²) in [7, 11) is -0.386. The summed E-state index contributed by atoms with van der Waals surface area (Å²) in [5.41, 5.74) is 0.226. The highest BCUT2D eigenvalue weighted by molar-refractivity contribution is 6.62. The van der Waals surface area contributed by atoms with Crippen molar-refractivity contribution in [2.45, 2.75) is 90.3 Å². The van der Waals surface area contributed by atoms with Crippen LogP contribution in [0.25, 0.3) is 0 Å². The van der Waals surface area contributed by atoms with E-state index in [1.54, 1.807) is 0 Å². The fourth-order valence-corrected chi connectivity index (χ4v) is 4.51. The molecular formula is C32H46BNO9. The van der Waals surface area contributed by atoms with E-state index in [9.17, 15) is 19.2 Å². The quantitative estimate of drug-likeness (QED) is 0.119. The van der Waals surface area contributed by atoms with Crippen LogP contribution in [0.4, 0.5) is 0 Å². The minimum absolute atomic E-state index is 0.0112. The van der Waals surface area contributed by atoms with Gasteiger partial charge in [0.15, 0.2) is 0 Å². The van der Waals surface area contributed by atoms with Gasteiger partial charge in [0.05, 0.1) is 37.6 Å². The molecule has 0 radical (unpaired) electrons. The molecule has 1 aromatic rings. The Labute approximate surface area is 255 Å². The molecule has 0 saturated carbocycles. The van der Waals surface area contributed by atoms with Crippen molar-refractivity contribution < 1.29 is 42.7 Å². The number of hydrogen-bond donors (Lipinski definition) is 0. The van der Waals surface area contributed by atoms with Crippen LogP contribution in [-0.4, -0.2) is 86.2 Å². The highest BCUT2D eigenvalue weighted by Gasteiger charge is 2.51. The van der Waals surface area contributed by atoms with Gasteiger partial charge in [0, 0.05) is 51.0 Å². The molecule has 1 fully saturated rings. The van der Waals surface area contributed by atoms with E-state index in [0.717, 1.165) is 35.4 Å². The summed E-state index contributed by atoms with van der Waals surface area (Å²) < 4.78 is 29.0. The monoisotopic (exact) mass is 599 g/mol. The van der Waals surface area contributed by atoms with Crippen molar-refractivity contribution in [2.24, 2.45) is 0 Å². The Morgan fingerprint density at radius 2 is 1.28 bits per heavy atom. The van der Waals surface area contributed by atoms with Crippen LogP contribution in [-0.2, 0) is 38.0 Å². The third-order valence-electron chi connectivity index (χ3n) is 7.93. The Bertz CT molecular complexity index is 1080. The maximum atomic E-state index is 12.1. The topological polar surface area (TPSA) is 118 Å². The second-order valence-electron chi connectivity index (χ2n) is 11.9. The molecule has 2 heterocycles. The number of unbranched alkanes of at least 4 members (excludes halogenated alkanes) is 2. The molecule has 3 rings (SSSR count). The number of hydrogen-bond acceptors (Lipinski definition) is 9. The lowest BCUT2D eigenvalue weighted by Gasteiger charge is -2.32. The number of benzene rings is 1. The summed E-state index contributed by atoms with van der Waals surface area (Å²) in [6.07, 6.45) is 7.02. The lowest BCUT2D eigenvalue weighted by molar-refractivity contribution is -0.137. The Hall–Kier alpha value is -2.86. The summed E-state index contributed by atoms with van der Waals surface area (Å²) in [5, 5.41) is 0. The average molecular weight is 600 g/mol. The van der Waals surface area contributed by atoms with Crippen LogP contribution >= 0.6 is 0 Å². The van der Waals surface area contributed by atoms with E-state index in [1.807, 2.05) is 52.0 Å². The molecular weight excluding hydrogens is 553 g/mol. The lowest BCUT2D eigenvalue weighted by Crippen LogP contribution is -2.41. The first-order chi connectivity index (χ1) is 20.5. The van der Waals surface area contributed by atoms with Gasteiger partial charge in [-0.05, 0) is 71.0 Å². The van der Waals surface area contributed by atoms with Gasteiger partial charge in [-0.1, -0.05) is 12.1 Å². The number of Topliss-reactive ketones (excluding diaryl/α,β-unsaturated/α-hetero) is 2. The lowest BCUT2D eigenvalue weighted by atomic mass is 9.79. The summed E-state index contributed by atoms with van der Waals surface area (Å²) in [6, 6.07) is 7.81. The van der Waals surface area contributed by atoms with E-state index in [1.165, 1.54) is 12.2 Å². The molecule has 2 aliphatic heterocycles. The molecule has 1 saturated heterocycles. The van der Waals surface area contributed by atoms with E-state index in [4.69, 9.17) is 23.5 Å². The number of amides is 2. The summed E-state index contributed by atoms with van der Waals surface area (Å²) in [6.45, 7) is 10.4. The summed E-state index contributed by atoms with van der Waals surface area (Å²) >= 11 is 0. The average Bonchev–Trinajstić information content (AvgIpc) is 3.40. The van der Waals surface area contributed by atoms with Crippen molar-refractivity contribution in [1.82, 2.24) is 4.90 Å². The number of carbonyl (C=O) groups excluding carboxylic acids is 4. The molecule has 2 aliphatic rings. The van der Waals surface area contributed by atoms with Crippen LogP contribution in [0.3, 0.4) is 0 Å². The smallest absolute Gasteiger partial charge is 0.494 e. The third-order valence-corrected chi connectivity index (χ3v) is 7.93. The molecule has 0 spiro atoms. The third kappa shape index (κ3) is 11.3. The second-order valence-corrected chi connectivity index (χ2v) is 11.9. The Kier molecular flexibility index (Phi) is 13.6. The van der Waals surface area contributed by atoms with E-state index < -0.39 is 0 Å². The van der Waals surface area contributed by atoms with Crippen LogP contribution in [0.15, 0.2) is 36.4 Å². The predicted octanol–water partition coefficient (Wildman–Crippen LogP) is 3.58. The van der Waals surface area contributed by atoms with Crippen LogP contribution in [0.1, 0.15) is 79.1 Å². The number of rotatable bonds is 21. The van der Waals surface area contributed by atoms with E-state index in [-0.39, 0.29) is 54.7 Å². The first kappa shape index (κ1) is 34.6. The van der Waals surface area contributed by atoms with Gasteiger partial charge < -0.3 is 23.5 Å². The molecule has 0 aliphatic carbocycles. The summed E-state index contributed by atoms with van der Waals surface area (Å²) in [4.78, 5) is 48.0. The van der Waals surface area contributed by atoms with Gasteiger partial charge in [-0.15, -0.1) is 0 Å². The van der Waals surface area contributed by atoms with Crippen molar-refractivity contribution in [2.75, 3.05) is 39.6 Å². The molecule has 1 aromatic carbocycles. The Balaban J connectivity index is 1.10. The molecule has 10 nitrogen and oxygen atoms in total. The zero-order valence-electron chi connectivity index (χ0n) is 26.1. The fourth-order valence-electron chi connectivity index (χ4n) is 4.51. The van der Waals surface area contributed by atoms with Crippen LogP contribution in [0.2, 0.25) is 0 Å². The van der Waals surface area contributed by atoms with Gasteiger partial charge in [0.25, 0.3) is 11.8 Å². The zero-order chi connectivity index (χ0) is 31.3. The van der Waals surface area contributed by atoms with Crippen molar-refractivity contribution in [3.05, 3.63) is 36.4 Å². The number of nitrogens with zero attached hydrogens (tertiary/aromatic N) is 1. The first-order valence-electron chi connectivity index (χ1n) is 15.3. The molecule has 236 valence electrons. The normalized spacial score (nSPS) is 17.2. The van der Waals surface area contributed by atoms with Crippen molar-refractivity contribution in [3.8, 4) is 5.75 Å². The molecule has 43 heavy (non-hydrogen) atoms. The highest BCUT2D eigenvalue weighted by Crippen LogP contribution is 2.36. The van der Waals surface area contributed by atoms with Crippen LogP contribution in [0.5, 0.6) is 5.75 Å². The number of ketones is 2. The minimum atomic E-state index is -0.386. The van der Waals surface area contributed by atoms with Crippen LogP contribution in [0, 0.1) is 0 Å². The maximum absolute atomic E-state index is 12.1. The largest absolute Gasteiger partial charge is 0.494 e. The first-order valence-corrected chi connectivity index (χ1v) is 15.3. The second kappa shape index (κ2) is 16.8. The van der Waals surface area contributed by atoms with Gasteiger partial charge >= 0.3 is 7.12 Å². The molecule has 11 heteroatoms. The summed E-state index contributed by atoms with van der Waals surface area (Å²) in [5.74, 6) is 0.231. The fraction of sp³-hybridized carbons (Fsp3) is 0.625. The molecule has 2 amide bonds. The minimum Gasteiger partial charge on any atom is -0.494 e. The van der Waals surface area contributed by atoms with Gasteiger partial charge in [0.2, 0.25) is 0 Å². The standard InChI is InChI=1S/C32H46BNO9/c1-31(2)32(3,4)43-33(42-31)25-11-13-28(14-12-25)41-21-7-5-6-9-27(36)18-22-40-24-23-39-20-8-10-26(35)17-19-34-29(37)15-16-30(34)38/h11-16H,5-10,17-24H2,1-4H3. The Morgan fingerprint density at radius 1 is 0.698 bits per heavy atom. The van der Waals surface area contributed by atoms with Gasteiger partial charge in [-0.2, -0.15) is 0 Å². The maximum Gasteiger partial charge on any atom is 0.494 e.